The standard InChI is InChI=1S/C14H20N2O3/c1-10(16-14(17)3-2-6-15)11-4-5-12-13(9-11)19-8-7-18-12/h4-5,9-10H,2-3,6-8,15H2,1H3,(H,16,17). The van der Waals surface area contributed by atoms with Crippen LogP contribution < -0.4 is 20.5 Å². The van der Waals surface area contributed by atoms with Gasteiger partial charge in [-0.1, -0.05) is 6.07 Å². The average Bonchev–Trinajstić information content (AvgIpc) is 2.44. The van der Waals surface area contributed by atoms with Crippen LogP contribution in [0.1, 0.15) is 31.4 Å². The lowest BCUT2D eigenvalue weighted by atomic mass is 10.1. The van der Waals surface area contributed by atoms with E-state index in [1.165, 1.54) is 0 Å². The second-order valence-corrected chi connectivity index (χ2v) is 4.58. The molecule has 0 saturated carbocycles. The topological polar surface area (TPSA) is 73.6 Å². The minimum Gasteiger partial charge on any atom is -0.486 e. The Labute approximate surface area is 113 Å². The molecule has 0 saturated heterocycles. The fourth-order valence-electron chi connectivity index (χ4n) is 1.99. The van der Waals surface area contributed by atoms with E-state index >= 15 is 0 Å². The highest BCUT2D eigenvalue weighted by Gasteiger charge is 2.15. The summed E-state index contributed by atoms with van der Waals surface area (Å²) in [6, 6.07) is 5.69. The van der Waals surface area contributed by atoms with Gasteiger partial charge in [-0.2, -0.15) is 0 Å². The van der Waals surface area contributed by atoms with Gasteiger partial charge >= 0.3 is 0 Å². The Morgan fingerprint density at radius 2 is 2.11 bits per heavy atom. The number of nitrogens with one attached hydrogen (secondary N) is 1. The highest BCUT2D eigenvalue weighted by atomic mass is 16.6. The van der Waals surface area contributed by atoms with Crippen LogP contribution in [0.15, 0.2) is 18.2 Å². The number of ether oxygens (including phenoxy) is 2. The molecule has 1 amide bonds. The number of hydrogen-bond donors (Lipinski definition) is 2. The summed E-state index contributed by atoms with van der Waals surface area (Å²) >= 11 is 0. The van der Waals surface area contributed by atoms with Crippen LogP contribution in [0.2, 0.25) is 0 Å². The van der Waals surface area contributed by atoms with Gasteiger partial charge in [0, 0.05) is 6.42 Å². The van der Waals surface area contributed by atoms with Gasteiger partial charge in [-0.25, -0.2) is 0 Å². The number of carbonyl (C=O) groups is 1. The van der Waals surface area contributed by atoms with E-state index in [1.54, 1.807) is 0 Å². The third-order valence-corrected chi connectivity index (χ3v) is 3.05. The molecule has 1 heterocycles. The Kier molecular flexibility index (Phi) is 4.63. The van der Waals surface area contributed by atoms with E-state index in [4.69, 9.17) is 15.2 Å². The molecule has 5 heteroatoms. The second-order valence-electron chi connectivity index (χ2n) is 4.58. The first-order chi connectivity index (χ1) is 9.20. The van der Waals surface area contributed by atoms with E-state index in [-0.39, 0.29) is 11.9 Å². The molecule has 1 atom stereocenters. The number of amides is 1. The lowest BCUT2D eigenvalue weighted by Crippen LogP contribution is -2.27. The van der Waals surface area contributed by atoms with E-state index in [2.05, 4.69) is 5.32 Å². The van der Waals surface area contributed by atoms with Gasteiger partial charge in [-0.05, 0) is 37.6 Å². The van der Waals surface area contributed by atoms with Crippen molar-refractivity contribution in [3.05, 3.63) is 23.8 Å². The summed E-state index contributed by atoms with van der Waals surface area (Å²) in [6.07, 6.45) is 1.17. The Bertz CT molecular complexity index is 448. The van der Waals surface area contributed by atoms with Crippen molar-refractivity contribution in [3.63, 3.8) is 0 Å². The van der Waals surface area contributed by atoms with Gasteiger partial charge in [-0.3, -0.25) is 4.79 Å². The Balaban J connectivity index is 1.99. The summed E-state index contributed by atoms with van der Waals surface area (Å²) in [6.45, 7) is 3.63. The van der Waals surface area contributed by atoms with Crippen molar-refractivity contribution in [2.24, 2.45) is 5.73 Å². The number of hydrogen-bond acceptors (Lipinski definition) is 4. The monoisotopic (exact) mass is 264 g/mol. The predicted molar refractivity (Wildman–Crippen MR) is 72.3 cm³/mol. The van der Waals surface area contributed by atoms with Gasteiger partial charge in [-0.15, -0.1) is 0 Å². The minimum absolute atomic E-state index is 0.0211. The molecular formula is C14H20N2O3. The molecule has 1 aliphatic heterocycles. The first kappa shape index (κ1) is 13.7. The highest BCUT2D eigenvalue weighted by Crippen LogP contribution is 2.32. The quantitative estimate of drug-likeness (QED) is 0.842. The van der Waals surface area contributed by atoms with E-state index in [9.17, 15) is 4.79 Å². The van der Waals surface area contributed by atoms with Gasteiger partial charge < -0.3 is 20.5 Å². The molecule has 0 spiro atoms. The summed E-state index contributed by atoms with van der Waals surface area (Å²) in [4.78, 5) is 11.7. The summed E-state index contributed by atoms with van der Waals surface area (Å²) in [5.41, 5.74) is 6.39. The molecule has 1 aromatic rings. The summed E-state index contributed by atoms with van der Waals surface area (Å²) in [5, 5.41) is 2.95. The molecular weight excluding hydrogens is 244 g/mol. The zero-order chi connectivity index (χ0) is 13.7. The van der Waals surface area contributed by atoms with Crippen LogP contribution in [0.3, 0.4) is 0 Å². The molecule has 0 fully saturated rings. The summed E-state index contributed by atoms with van der Waals surface area (Å²) in [5.74, 6) is 1.52. The lowest BCUT2D eigenvalue weighted by Gasteiger charge is -2.21. The third-order valence-electron chi connectivity index (χ3n) is 3.05. The SMILES string of the molecule is CC(NC(=O)CCCN)c1ccc2c(c1)OCCO2. The Hall–Kier alpha value is -1.75. The van der Waals surface area contributed by atoms with Crippen molar-refractivity contribution < 1.29 is 14.3 Å². The van der Waals surface area contributed by atoms with Crippen molar-refractivity contribution in [1.29, 1.82) is 0 Å². The van der Waals surface area contributed by atoms with E-state index in [1.807, 2.05) is 25.1 Å². The predicted octanol–water partition coefficient (Wildman–Crippen LogP) is 1.37. The van der Waals surface area contributed by atoms with Gasteiger partial charge in [0.1, 0.15) is 13.2 Å². The molecule has 0 radical (unpaired) electrons. The largest absolute Gasteiger partial charge is 0.486 e. The van der Waals surface area contributed by atoms with Gasteiger partial charge in [0.15, 0.2) is 11.5 Å². The minimum atomic E-state index is -0.0545. The normalized spacial score (nSPS) is 14.8. The molecule has 2 rings (SSSR count). The molecule has 19 heavy (non-hydrogen) atoms. The molecule has 104 valence electrons. The molecule has 0 aromatic heterocycles. The molecule has 5 nitrogen and oxygen atoms in total. The number of benzene rings is 1. The number of nitrogens with two attached hydrogens (primary N) is 1. The zero-order valence-corrected chi connectivity index (χ0v) is 11.1. The van der Waals surface area contributed by atoms with Crippen LogP contribution in [-0.2, 0) is 4.79 Å². The van der Waals surface area contributed by atoms with E-state index in [0.29, 0.717) is 32.6 Å². The van der Waals surface area contributed by atoms with E-state index in [0.717, 1.165) is 17.1 Å². The van der Waals surface area contributed by atoms with Crippen LogP contribution in [-0.4, -0.2) is 25.7 Å². The molecule has 1 aromatic carbocycles. The Morgan fingerprint density at radius 3 is 2.84 bits per heavy atom. The number of fused-ring (bicyclic) bond motifs is 1. The number of rotatable bonds is 5. The average molecular weight is 264 g/mol. The first-order valence-electron chi connectivity index (χ1n) is 6.59. The second kappa shape index (κ2) is 6.43. The van der Waals surface area contributed by atoms with Crippen molar-refractivity contribution >= 4 is 5.91 Å². The molecule has 1 aliphatic rings. The van der Waals surface area contributed by atoms with Crippen LogP contribution in [0, 0.1) is 0 Å². The fourth-order valence-corrected chi connectivity index (χ4v) is 1.99. The maximum atomic E-state index is 11.7. The van der Waals surface area contributed by atoms with Gasteiger partial charge in [0.25, 0.3) is 0 Å². The number of carbonyl (C=O) groups excluding carboxylic acids is 1. The molecule has 1 unspecified atom stereocenters. The lowest BCUT2D eigenvalue weighted by molar-refractivity contribution is -0.121. The Morgan fingerprint density at radius 1 is 1.37 bits per heavy atom. The fraction of sp³-hybridized carbons (Fsp3) is 0.500. The smallest absolute Gasteiger partial charge is 0.220 e. The maximum absolute atomic E-state index is 11.7. The molecule has 0 bridgehead atoms. The first-order valence-corrected chi connectivity index (χ1v) is 6.59. The van der Waals surface area contributed by atoms with Crippen molar-refractivity contribution in [3.8, 4) is 11.5 Å². The summed E-state index contributed by atoms with van der Waals surface area (Å²) < 4.78 is 11.0. The van der Waals surface area contributed by atoms with Crippen LogP contribution in [0.4, 0.5) is 0 Å². The van der Waals surface area contributed by atoms with Crippen LogP contribution in [0.5, 0.6) is 11.5 Å². The van der Waals surface area contributed by atoms with Crippen molar-refractivity contribution in [2.45, 2.75) is 25.8 Å². The van der Waals surface area contributed by atoms with Gasteiger partial charge in [0.2, 0.25) is 5.91 Å². The maximum Gasteiger partial charge on any atom is 0.220 e. The van der Waals surface area contributed by atoms with Crippen molar-refractivity contribution in [2.75, 3.05) is 19.8 Å². The zero-order valence-electron chi connectivity index (χ0n) is 11.1. The molecule has 0 aliphatic carbocycles. The van der Waals surface area contributed by atoms with Gasteiger partial charge in [0.05, 0.1) is 6.04 Å². The molecule has 3 N–H and O–H groups in total. The summed E-state index contributed by atoms with van der Waals surface area (Å²) in [7, 11) is 0. The van der Waals surface area contributed by atoms with Crippen LogP contribution in [0.25, 0.3) is 0 Å². The van der Waals surface area contributed by atoms with Crippen LogP contribution >= 0.6 is 0 Å². The van der Waals surface area contributed by atoms with E-state index < -0.39 is 0 Å². The van der Waals surface area contributed by atoms with Crippen molar-refractivity contribution in [1.82, 2.24) is 5.32 Å². The third kappa shape index (κ3) is 3.61. The highest BCUT2D eigenvalue weighted by molar-refractivity contribution is 5.76.